The van der Waals surface area contributed by atoms with Gasteiger partial charge in [0.2, 0.25) is 0 Å². The summed E-state index contributed by atoms with van der Waals surface area (Å²) in [5.41, 5.74) is 2.94. The number of ether oxygens (including phenoxy) is 1. The Kier molecular flexibility index (Phi) is 5.03. The van der Waals surface area contributed by atoms with Crippen LogP contribution in [0.3, 0.4) is 0 Å². The maximum absolute atomic E-state index is 13.1. The average Bonchev–Trinajstić information content (AvgIpc) is 3.24. The lowest BCUT2D eigenvalue weighted by Gasteiger charge is -2.25. The molecule has 0 spiro atoms. The summed E-state index contributed by atoms with van der Waals surface area (Å²) in [7, 11) is 0. The number of carbonyl (C=O) groups excluding carboxylic acids is 1. The van der Waals surface area contributed by atoms with Gasteiger partial charge in [-0.1, -0.05) is 29.8 Å². The van der Waals surface area contributed by atoms with E-state index in [1.165, 1.54) is 6.07 Å². The number of aromatic amines is 1. The second kappa shape index (κ2) is 7.64. The largest absolute Gasteiger partial charge is 0.507 e. The minimum absolute atomic E-state index is 0.0418. The van der Waals surface area contributed by atoms with Gasteiger partial charge in [0, 0.05) is 22.7 Å². The van der Waals surface area contributed by atoms with E-state index in [-0.39, 0.29) is 11.7 Å². The van der Waals surface area contributed by atoms with Crippen LogP contribution in [-0.4, -0.2) is 39.3 Å². The van der Waals surface area contributed by atoms with Crippen LogP contribution in [0.2, 0.25) is 5.02 Å². The third-order valence-corrected chi connectivity index (χ3v) is 5.12. The molecule has 2 aromatic carbocycles. The molecule has 2 N–H and O–H groups in total. The third kappa shape index (κ3) is 3.25. The number of carbonyl (C=O) groups is 1. The molecule has 1 unspecified atom stereocenters. The van der Waals surface area contributed by atoms with Gasteiger partial charge < -0.3 is 14.7 Å². The van der Waals surface area contributed by atoms with Crippen molar-refractivity contribution >= 4 is 17.5 Å². The van der Waals surface area contributed by atoms with Crippen LogP contribution in [0.4, 0.5) is 0 Å². The number of benzene rings is 2. The summed E-state index contributed by atoms with van der Waals surface area (Å²) in [5.74, 6) is 0.590. The summed E-state index contributed by atoms with van der Waals surface area (Å²) in [4.78, 5) is 14.8. The number of fused-ring (bicyclic) bond motifs is 1. The second-order valence-corrected chi connectivity index (χ2v) is 7.11. The first kappa shape index (κ1) is 19.1. The monoisotopic (exact) mass is 409 g/mol. The Labute approximate surface area is 173 Å². The summed E-state index contributed by atoms with van der Waals surface area (Å²) < 4.78 is 5.64. The van der Waals surface area contributed by atoms with Crippen molar-refractivity contribution in [2.45, 2.75) is 13.0 Å². The number of nitrogens with one attached hydrogen (secondary N) is 1. The Morgan fingerprint density at radius 1 is 1.34 bits per heavy atom. The molecule has 1 aliphatic rings. The number of amides is 1. The average molecular weight is 410 g/mol. The van der Waals surface area contributed by atoms with Crippen molar-refractivity contribution in [1.82, 2.24) is 15.1 Å². The molecule has 0 saturated heterocycles. The highest BCUT2D eigenvalue weighted by molar-refractivity contribution is 6.31. The molecule has 0 aliphatic carbocycles. The fourth-order valence-electron chi connectivity index (χ4n) is 3.71. The maximum Gasteiger partial charge on any atom is 0.273 e. The van der Waals surface area contributed by atoms with Crippen LogP contribution < -0.4 is 4.74 Å². The summed E-state index contributed by atoms with van der Waals surface area (Å²) in [5, 5.41) is 18.1. The van der Waals surface area contributed by atoms with E-state index in [9.17, 15) is 9.90 Å². The van der Waals surface area contributed by atoms with Crippen molar-refractivity contribution in [2.24, 2.45) is 0 Å². The molecule has 29 heavy (non-hydrogen) atoms. The third-order valence-electron chi connectivity index (χ3n) is 4.89. The lowest BCUT2D eigenvalue weighted by molar-refractivity contribution is 0.0764. The Morgan fingerprint density at radius 3 is 2.93 bits per heavy atom. The van der Waals surface area contributed by atoms with E-state index in [0.29, 0.717) is 40.7 Å². The van der Waals surface area contributed by atoms with Gasteiger partial charge in [-0.2, -0.15) is 5.10 Å². The Morgan fingerprint density at radius 2 is 2.17 bits per heavy atom. The number of hydrogen-bond donors (Lipinski definition) is 2. The van der Waals surface area contributed by atoms with Gasteiger partial charge in [-0.15, -0.1) is 6.58 Å². The van der Waals surface area contributed by atoms with Gasteiger partial charge in [0.25, 0.3) is 5.91 Å². The van der Waals surface area contributed by atoms with Crippen LogP contribution in [0.5, 0.6) is 11.5 Å². The van der Waals surface area contributed by atoms with Gasteiger partial charge in [0.05, 0.1) is 12.6 Å². The predicted octanol–water partition coefficient (Wildman–Crippen LogP) is 4.57. The van der Waals surface area contributed by atoms with E-state index in [4.69, 9.17) is 16.3 Å². The first-order valence-electron chi connectivity index (χ1n) is 9.27. The van der Waals surface area contributed by atoms with Gasteiger partial charge in [0.15, 0.2) is 0 Å². The van der Waals surface area contributed by atoms with E-state index in [2.05, 4.69) is 16.8 Å². The number of hydrogen-bond acceptors (Lipinski definition) is 4. The first-order valence-corrected chi connectivity index (χ1v) is 9.64. The molecule has 148 valence electrons. The molecule has 1 atom stereocenters. The summed E-state index contributed by atoms with van der Waals surface area (Å²) >= 11 is 6.14. The highest BCUT2D eigenvalue weighted by Crippen LogP contribution is 2.45. The van der Waals surface area contributed by atoms with E-state index in [0.717, 1.165) is 11.3 Å². The molecule has 0 fully saturated rings. The van der Waals surface area contributed by atoms with Crippen molar-refractivity contribution < 1.29 is 14.6 Å². The molecule has 4 rings (SSSR count). The van der Waals surface area contributed by atoms with Crippen LogP contribution >= 0.6 is 11.6 Å². The molecule has 0 saturated carbocycles. The number of rotatable bonds is 6. The quantitative estimate of drug-likeness (QED) is 0.585. The smallest absolute Gasteiger partial charge is 0.273 e. The lowest BCUT2D eigenvalue weighted by atomic mass is 9.95. The number of phenolic OH excluding ortho intramolecular Hbond substituents is 1. The molecule has 1 aliphatic heterocycles. The molecule has 6 nitrogen and oxygen atoms in total. The number of phenols is 1. The van der Waals surface area contributed by atoms with E-state index in [1.807, 2.05) is 31.2 Å². The molecular weight excluding hydrogens is 390 g/mol. The van der Waals surface area contributed by atoms with E-state index in [1.54, 1.807) is 23.1 Å². The Bertz CT molecular complexity index is 1090. The van der Waals surface area contributed by atoms with E-state index < -0.39 is 6.04 Å². The fourth-order valence-corrected chi connectivity index (χ4v) is 3.89. The number of H-pyrrole nitrogens is 1. The zero-order chi connectivity index (χ0) is 20.5. The Balaban J connectivity index is 1.91. The number of aromatic nitrogens is 2. The molecule has 0 radical (unpaired) electrons. The van der Waals surface area contributed by atoms with Gasteiger partial charge in [-0.25, -0.2) is 0 Å². The molecule has 1 aromatic heterocycles. The molecule has 1 amide bonds. The minimum Gasteiger partial charge on any atom is -0.507 e. The number of halogens is 1. The van der Waals surface area contributed by atoms with E-state index >= 15 is 0 Å². The van der Waals surface area contributed by atoms with Gasteiger partial charge >= 0.3 is 0 Å². The van der Waals surface area contributed by atoms with Gasteiger partial charge in [-0.3, -0.25) is 9.89 Å². The zero-order valence-electron chi connectivity index (χ0n) is 15.9. The van der Waals surface area contributed by atoms with Crippen molar-refractivity contribution in [3.8, 4) is 22.8 Å². The summed E-state index contributed by atoms with van der Waals surface area (Å²) in [6.07, 6.45) is 1.69. The van der Waals surface area contributed by atoms with Gasteiger partial charge in [-0.05, 0) is 42.8 Å². The minimum atomic E-state index is -0.400. The van der Waals surface area contributed by atoms with Crippen LogP contribution in [0.15, 0.2) is 55.1 Å². The molecule has 0 bridgehead atoms. The van der Waals surface area contributed by atoms with Crippen LogP contribution in [0, 0.1) is 0 Å². The van der Waals surface area contributed by atoms with Crippen LogP contribution in [-0.2, 0) is 0 Å². The van der Waals surface area contributed by atoms with Gasteiger partial charge in [0.1, 0.15) is 22.9 Å². The first-order chi connectivity index (χ1) is 14.0. The summed E-state index contributed by atoms with van der Waals surface area (Å²) in [6.45, 7) is 6.62. The standard InChI is InChI=1S/C22H20ClN3O3/c1-3-10-26-21(13-6-5-7-15(11-13)29-4-2)18-19(24-25-20(18)22(26)28)16-12-14(23)8-9-17(16)27/h3,5-9,11-12,21,27H,1,4,10H2,2H3,(H,24,25). The van der Waals surface area contributed by atoms with Crippen molar-refractivity contribution in [2.75, 3.05) is 13.2 Å². The maximum atomic E-state index is 13.1. The number of aromatic hydroxyl groups is 1. The molecule has 3 aromatic rings. The topological polar surface area (TPSA) is 78.5 Å². The summed E-state index contributed by atoms with van der Waals surface area (Å²) in [6, 6.07) is 12.0. The highest BCUT2D eigenvalue weighted by Gasteiger charge is 2.42. The SMILES string of the molecule is C=CCN1C(=O)c2[nH]nc(-c3cc(Cl)ccc3O)c2C1c1cccc(OCC)c1. The Hall–Kier alpha value is -3.25. The molecular formula is C22H20ClN3O3. The second-order valence-electron chi connectivity index (χ2n) is 6.68. The normalized spacial score (nSPS) is 15.4. The predicted molar refractivity (Wildman–Crippen MR) is 111 cm³/mol. The van der Waals surface area contributed by atoms with Crippen molar-refractivity contribution in [3.63, 3.8) is 0 Å². The van der Waals surface area contributed by atoms with Crippen molar-refractivity contribution in [3.05, 3.63) is 77.0 Å². The zero-order valence-corrected chi connectivity index (χ0v) is 16.6. The van der Waals surface area contributed by atoms with Crippen LogP contribution in [0.1, 0.15) is 34.6 Å². The molecule has 7 heteroatoms. The highest BCUT2D eigenvalue weighted by atomic mass is 35.5. The fraction of sp³-hybridized carbons (Fsp3) is 0.182. The van der Waals surface area contributed by atoms with Crippen LogP contribution in [0.25, 0.3) is 11.3 Å². The van der Waals surface area contributed by atoms with Crippen molar-refractivity contribution in [1.29, 1.82) is 0 Å². The number of nitrogens with zero attached hydrogens (tertiary/aromatic N) is 2. The lowest BCUT2D eigenvalue weighted by Crippen LogP contribution is -2.29. The molecule has 2 heterocycles.